The van der Waals surface area contributed by atoms with Gasteiger partial charge >= 0.3 is 0 Å². The SMILES string of the molecule is Cc1cc(N2CCCCCC2)nc(N2CCN(CC(=O)Nc3ccc4c(ccn4Cc4ccccc4)c3)CC2)n1. The molecule has 8 nitrogen and oxygen atoms in total. The van der Waals surface area contributed by atoms with Gasteiger partial charge in [-0.25, -0.2) is 4.98 Å². The molecule has 2 aliphatic rings. The molecule has 0 saturated carbocycles. The maximum Gasteiger partial charge on any atom is 0.238 e. The zero-order valence-electron chi connectivity index (χ0n) is 23.4. The minimum atomic E-state index is 0.0202. The van der Waals surface area contributed by atoms with Crippen molar-refractivity contribution in [2.75, 3.05) is 60.9 Å². The lowest BCUT2D eigenvalue weighted by Gasteiger charge is -2.35. The molecule has 208 valence electrons. The number of carbonyl (C=O) groups is 1. The number of nitrogens with zero attached hydrogens (tertiary/aromatic N) is 6. The van der Waals surface area contributed by atoms with Gasteiger partial charge in [-0.2, -0.15) is 4.98 Å². The average molecular weight is 538 g/mol. The van der Waals surface area contributed by atoms with Crippen LogP contribution in [0.1, 0.15) is 36.9 Å². The molecule has 2 aromatic carbocycles. The lowest BCUT2D eigenvalue weighted by Crippen LogP contribution is -2.49. The molecule has 1 amide bonds. The first-order valence-corrected chi connectivity index (χ1v) is 14.6. The molecular formula is C32H39N7O. The van der Waals surface area contributed by atoms with Gasteiger partial charge in [-0.3, -0.25) is 9.69 Å². The van der Waals surface area contributed by atoms with Crippen molar-refractivity contribution in [1.82, 2.24) is 19.4 Å². The topological polar surface area (TPSA) is 69.5 Å². The van der Waals surface area contributed by atoms with Gasteiger partial charge in [0.05, 0.1) is 6.54 Å². The number of benzene rings is 2. The molecule has 40 heavy (non-hydrogen) atoms. The number of carbonyl (C=O) groups excluding carboxylic acids is 1. The number of rotatable bonds is 7. The van der Waals surface area contributed by atoms with Crippen LogP contribution in [0.25, 0.3) is 10.9 Å². The molecular weight excluding hydrogens is 498 g/mol. The molecule has 1 N–H and O–H groups in total. The minimum absolute atomic E-state index is 0.0202. The highest BCUT2D eigenvalue weighted by molar-refractivity contribution is 5.95. The maximum absolute atomic E-state index is 12.9. The molecule has 0 aliphatic carbocycles. The molecule has 8 heteroatoms. The summed E-state index contributed by atoms with van der Waals surface area (Å²) in [5.41, 5.74) is 4.28. The van der Waals surface area contributed by atoms with Gasteiger partial charge in [-0.15, -0.1) is 0 Å². The number of hydrogen-bond acceptors (Lipinski definition) is 6. The van der Waals surface area contributed by atoms with Gasteiger partial charge in [0.2, 0.25) is 11.9 Å². The monoisotopic (exact) mass is 537 g/mol. The van der Waals surface area contributed by atoms with Crippen LogP contribution in [0.3, 0.4) is 0 Å². The van der Waals surface area contributed by atoms with Gasteiger partial charge < -0.3 is 19.7 Å². The average Bonchev–Trinajstić information content (AvgIpc) is 3.16. The third-order valence-corrected chi connectivity index (χ3v) is 8.03. The van der Waals surface area contributed by atoms with E-state index in [-0.39, 0.29) is 5.91 Å². The van der Waals surface area contributed by atoms with E-state index in [1.54, 1.807) is 0 Å². The van der Waals surface area contributed by atoms with E-state index in [9.17, 15) is 4.79 Å². The number of hydrogen-bond donors (Lipinski definition) is 1. The van der Waals surface area contributed by atoms with E-state index in [1.165, 1.54) is 31.2 Å². The van der Waals surface area contributed by atoms with Crippen molar-refractivity contribution < 1.29 is 4.79 Å². The number of amides is 1. The summed E-state index contributed by atoms with van der Waals surface area (Å²) in [5.74, 6) is 1.89. The van der Waals surface area contributed by atoms with Crippen LogP contribution < -0.4 is 15.1 Å². The number of aromatic nitrogens is 3. The number of fused-ring (bicyclic) bond motifs is 1. The summed E-state index contributed by atoms with van der Waals surface area (Å²) in [5, 5.41) is 4.23. The second kappa shape index (κ2) is 12.1. The Morgan fingerprint density at radius 1 is 0.825 bits per heavy atom. The van der Waals surface area contributed by atoms with Crippen LogP contribution in [0.15, 0.2) is 66.9 Å². The fourth-order valence-electron chi connectivity index (χ4n) is 5.85. The first-order valence-electron chi connectivity index (χ1n) is 14.6. The van der Waals surface area contributed by atoms with E-state index < -0.39 is 0 Å². The maximum atomic E-state index is 12.9. The minimum Gasteiger partial charge on any atom is -0.356 e. The Hall–Kier alpha value is -3.91. The van der Waals surface area contributed by atoms with Crippen molar-refractivity contribution in [2.45, 2.75) is 39.2 Å². The summed E-state index contributed by atoms with van der Waals surface area (Å²) in [6.45, 7) is 8.67. The molecule has 0 atom stereocenters. The van der Waals surface area contributed by atoms with Gasteiger partial charge in [-0.1, -0.05) is 43.2 Å². The van der Waals surface area contributed by atoms with Crippen LogP contribution in [0.4, 0.5) is 17.5 Å². The Balaban J connectivity index is 1.02. The van der Waals surface area contributed by atoms with Crippen LogP contribution in [-0.2, 0) is 11.3 Å². The highest BCUT2D eigenvalue weighted by Gasteiger charge is 2.22. The van der Waals surface area contributed by atoms with Crippen LogP contribution in [-0.4, -0.2) is 71.2 Å². The molecule has 2 saturated heterocycles. The van der Waals surface area contributed by atoms with Crippen LogP contribution in [0, 0.1) is 6.92 Å². The van der Waals surface area contributed by atoms with Crippen LogP contribution in [0.2, 0.25) is 0 Å². The largest absolute Gasteiger partial charge is 0.356 e. The fourth-order valence-corrected chi connectivity index (χ4v) is 5.85. The smallest absolute Gasteiger partial charge is 0.238 e. The Bertz CT molecular complexity index is 1430. The molecule has 4 heterocycles. The van der Waals surface area contributed by atoms with Crippen LogP contribution >= 0.6 is 0 Å². The normalized spacial score (nSPS) is 16.7. The predicted molar refractivity (Wildman–Crippen MR) is 162 cm³/mol. The van der Waals surface area contributed by atoms with E-state index in [1.807, 2.05) is 12.1 Å². The van der Waals surface area contributed by atoms with Crippen molar-refractivity contribution in [3.63, 3.8) is 0 Å². The highest BCUT2D eigenvalue weighted by atomic mass is 16.2. The van der Waals surface area contributed by atoms with E-state index in [0.29, 0.717) is 6.54 Å². The predicted octanol–water partition coefficient (Wildman–Crippen LogP) is 4.93. The van der Waals surface area contributed by atoms with E-state index in [4.69, 9.17) is 9.97 Å². The zero-order valence-corrected chi connectivity index (χ0v) is 23.4. The van der Waals surface area contributed by atoms with Crippen molar-refractivity contribution in [1.29, 1.82) is 0 Å². The molecule has 0 unspecified atom stereocenters. The summed E-state index contributed by atoms with van der Waals surface area (Å²) in [7, 11) is 0. The number of anilines is 3. The van der Waals surface area contributed by atoms with Gasteiger partial charge in [0, 0.05) is 80.4 Å². The van der Waals surface area contributed by atoms with Gasteiger partial charge in [0.25, 0.3) is 0 Å². The Kier molecular flexibility index (Phi) is 7.95. The van der Waals surface area contributed by atoms with Crippen molar-refractivity contribution in [3.8, 4) is 0 Å². The van der Waals surface area contributed by atoms with Crippen LogP contribution in [0.5, 0.6) is 0 Å². The molecule has 0 bridgehead atoms. The van der Waals surface area contributed by atoms with Gasteiger partial charge in [0.15, 0.2) is 0 Å². The zero-order chi connectivity index (χ0) is 27.3. The van der Waals surface area contributed by atoms with Gasteiger partial charge in [-0.05, 0) is 49.6 Å². The summed E-state index contributed by atoms with van der Waals surface area (Å²) in [4.78, 5) is 29.5. The molecule has 6 rings (SSSR count). The van der Waals surface area contributed by atoms with Crippen molar-refractivity contribution in [2.24, 2.45) is 0 Å². The first kappa shape index (κ1) is 26.3. The fraction of sp³-hybridized carbons (Fsp3) is 0.406. The summed E-state index contributed by atoms with van der Waals surface area (Å²) in [6, 6.07) is 20.8. The van der Waals surface area contributed by atoms with E-state index >= 15 is 0 Å². The molecule has 0 radical (unpaired) electrons. The third kappa shape index (κ3) is 6.28. The van der Waals surface area contributed by atoms with E-state index in [2.05, 4.69) is 86.2 Å². The Morgan fingerprint density at radius 3 is 2.38 bits per heavy atom. The highest BCUT2D eigenvalue weighted by Crippen LogP contribution is 2.23. The molecule has 4 aromatic rings. The van der Waals surface area contributed by atoms with Crippen molar-refractivity contribution in [3.05, 3.63) is 78.1 Å². The molecule has 2 aliphatic heterocycles. The number of nitrogens with one attached hydrogen (secondary N) is 1. The number of piperazine rings is 1. The summed E-state index contributed by atoms with van der Waals surface area (Å²) in [6.07, 6.45) is 7.18. The third-order valence-electron chi connectivity index (χ3n) is 8.03. The Labute approximate surface area is 236 Å². The van der Waals surface area contributed by atoms with E-state index in [0.717, 1.165) is 79.9 Å². The number of aryl methyl sites for hydroxylation is 1. The molecule has 2 aromatic heterocycles. The first-order chi connectivity index (χ1) is 19.6. The lowest BCUT2D eigenvalue weighted by atomic mass is 10.2. The second-order valence-electron chi connectivity index (χ2n) is 11.1. The Morgan fingerprint density at radius 2 is 1.60 bits per heavy atom. The van der Waals surface area contributed by atoms with Crippen molar-refractivity contribution >= 4 is 34.3 Å². The summed E-state index contributed by atoms with van der Waals surface area (Å²) < 4.78 is 2.24. The quantitative estimate of drug-likeness (QED) is 0.361. The second-order valence-corrected chi connectivity index (χ2v) is 11.1. The molecule has 2 fully saturated rings. The molecule has 0 spiro atoms. The standard InChI is InChI=1S/C32H39N7O/c1-25-21-30(37-14-7-2-3-8-15-37)35-32(33-25)38-19-17-36(18-20-38)24-31(40)34-28-11-12-29-27(22-28)13-16-39(29)23-26-9-5-4-6-10-26/h4-6,9-13,16,21-22H,2-3,7-8,14-15,17-20,23-24H2,1H3,(H,34,40). The van der Waals surface area contributed by atoms with Gasteiger partial charge in [0.1, 0.15) is 5.82 Å². The summed E-state index contributed by atoms with van der Waals surface area (Å²) >= 11 is 0. The lowest BCUT2D eigenvalue weighted by molar-refractivity contribution is -0.117.